The van der Waals surface area contributed by atoms with Crippen LogP contribution in [0, 0.1) is 5.82 Å². The zero-order chi connectivity index (χ0) is 24.2. The lowest BCUT2D eigenvalue weighted by molar-refractivity contribution is -0.133. The maximum atomic E-state index is 14.6. The lowest BCUT2D eigenvalue weighted by atomic mass is 9.97. The normalized spacial score (nSPS) is 15.1. The molecule has 1 aromatic heterocycles. The molecule has 34 heavy (non-hydrogen) atoms. The first kappa shape index (κ1) is 23.4. The number of rotatable bonds is 7. The number of nitrogens with zero attached hydrogens (tertiary/aromatic N) is 3. The van der Waals surface area contributed by atoms with E-state index in [1.165, 1.54) is 27.3 Å². The summed E-state index contributed by atoms with van der Waals surface area (Å²) in [5, 5.41) is 7.63. The van der Waals surface area contributed by atoms with Crippen molar-refractivity contribution in [2.24, 2.45) is 5.10 Å². The topological polar surface area (TPSA) is 71.4 Å². The van der Waals surface area contributed by atoms with Crippen molar-refractivity contribution in [1.82, 2.24) is 9.91 Å². The number of ether oxygens (including phenoxy) is 2. The van der Waals surface area contributed by atoms with Gasteiger partial charge < -0.3 is 14.4 Å². The highest BCUT2D eigenvalue weighted by Crippen LogP contribution is 2.39. The van der Waals surface area contributed by atoms with Gasteiger partial charge in [-0.05, 0) is 35.7 Å². The Morgan fingerprint density at radius 1 is 1.15 bits per heavy atom. The van der Waals surface area contributed by atoms with Gasteiger partial charge in [0.05, 0.1) is 30.9 Å². The summed E-state index contributed by atoms with van der Waals surface area (Å²) in [7, 11) is 4.66. The third kappa shape index (κ3) is 4.65. The molecular formula is C25H24FN3O4S. The maximum Gasteiger partial charge on any atom is 0.264 e. The van der Waals surface area contributed by atoms with Crippen LogP contribution in [0.4, 0.5) is 4.39 Å². The Labute approximate surface area is 201 Å². The van der Waals surface area contributed by atoms with Crippen molar-refractivity contribution < 1.29 is 23.5 Å². The Morgan fingerprint density at radius 3 is 2.62 bits per heavy atom. The molecule has 9 heteroatoms. The van der Waals surface area contributed by atoms with Crippen molar-refractivity contribution in [2.45, 2.75) is 12.5 Å². The fourth-order valence-electron chi connectivity index (χ4n) is 3.88. The number of hydrogen-bond donors (Lipinski definition) is 0. The van der Waals surface area contributed by atoms with Crippen LogP contribution in [0.1, 0.15) is 33.3 Å². The quantitative estimate of drug-likeness (QED) is 0.503. The van der Waals surface area contributed by atoms with Gasteiger partial charge in [0.25, 0.3) is 11.8 Å². The van der Waals surface area contributed by atoms with Crippen molar-refractivity contribution in [3.63, 3.8) is 0 Å². The van der Waals surface area contributed by atoms with Crippen molar-refractivity contribution in [1.29, 1.82) is 0 Å². The number of likely N-dealkylation sites (N-methyl/N-ethyl adjacent to an activating group) is 1. The van der Waals surface area contributed by atoms with E-state index in [9.17, 15) is 14.0 Å². The highest BCUT2D eigenvalue weighted by atomic mass is 32.1. The van der Waals surface area contributed by atoms with Crippen LogP contribution in [-0.4, -0.2) is 55.2 Å². The van der Waals surface area contributed by atoms with Crippen LogP contribution in [0.25, 0.3) is 0 Å². The molecule has 0 bridgehead atoms. The van der Waals surface area contributed by atoms with E-state index in [2.05, 4.69) is 5.10 Å². The van der Waals surface area contributed by atoms with Gasteiger partial charge in [0, 0.05) is 24.6 Å². The summed E-state index contributed by atoms with van der Waals surface area (Å²) in [4.78, 5) is 27.9. The third-order valence-electron chi connectivity index (χ3n) is 5.60. The molecule has 0 spiro atoms. The summed E-state index contributed by atoms with van der Waals surface area (Å²) >= 11 is 1.31. The monoisotopic (exact) mass is 481 g/mol. The predicted octanol–water partition coefficient (Wildman–Crippen LogP) is 4.35. The molecule has 0 fully saturated rings. The van der Waals surface area contributed by atoms with E-state index in [-0.39, 0.29) is 18.9 Å². The standard InChI is InChI=1S/C25H24FN3O4S/c1-28(25(31)23-9-6-12-34-23)15-24(30)29-21(18-13-16(32-2)10-11-22(18)33-3)14-20(27-29)17-7-4-5-8-19(17)26/h4-13,21H,14-15H2,1-3H3/t21-/m0/s1. The minimum atomic E-state index is -0.558. The van der Waals surface area contributed by atoms with E-state index in [0.29, 0.717) is 33.2 Å². The van der Waals surface area contributed by atoms with E-state index in [1.807, 2.05) is 0 Å². The fourth-order valence-corrected chi connectivity index (χ4v) is 4.59. The van der Waals surface area contributed by atoms with Gasteiger partial charge in [-0.25, -0.2) is 9.40 Å². The molecule has 1 aliphatic heterocycles. The van der Waals surface area contributed by atoms with Crippen LogP contribution in [0.15, 0.2) is 65.1 Å². The number of amides is 2. The van der Waals surface area contributed by atoms with E-state index in [1.54, 1.807) is 75.2 Å². The molecule has 3 aromatic rings. The van der Waals surface area contributed by atoms with E-state index in [4.69, 9.17) is 9.47 Å². The second-order valence-corrected chi connectivity index (χ2v) is 8.68. The SMILES string of the molecule is COc1ccc(OC)c([C@@H]2CC(c3ccccc3F)=NN2C(=O)CN(C)C(=O)c2cccs2)c1. The van der Waals surface area contributed by atoms with Crippen LogP contribution < -0.4 is 9.47 Å². The summed E-state index contributed by atoms with van der Waals surface area (Å²) in [6, 6.07) is 14.5. The molecule has 7 nitrogen and oxygen atoms in total. The van der Waals surface area contributed by atoms with Crippen LogP contribution in [0.2, 0.25) is 0 Å². The van der Waals surface area contributed by atoms with Crippen LogP contribution in [-0.2, 0) is 4.79 Å². The van der Waals surface area contributed by atoms with Gasteiger partial charge in [-0.2, -0.15) is 5.10 Å². The number of benzene rings is 2. The van der Waals surface area contributed by atoms with Crippen LogP contribution in [0.3, 0.4) is 0 Å². The molecule has 0 radical (unpaired) electrons. The smallest absolute Gasteiger partial charge is 0.264 e. The second kappa shape index (κ2) is 10.0. The molecule has 1 aliphatic rings. The minimum Gasteiger partial charge on any atom is -0.497 e. The Kier molecular flexibility index (Phi) is 6.93. The second-order valence-electron chi connectivity index (χ2n) is 7.73. The molecule has 0 N–H and O–H groups in total. The number of halogens is 1. The molecule has 2 amide bonds. The van der Waals surface area contributed by atoms with Crippen LogP contribution >= 0.6 is 11.3 Å². The largest absolute Gasteiger partial charge is 0.497 e. The zero-order valence-corrected chi connectivity index (χ0v) is 19.8. The Balaban J connectivity index is 1.69. The third-order valence-corrected chi connectivity index (χ3v) is 6.46. The molecule has 0 saturated heterocycles. The first-order valence-corrected chi connectivity index (χ1v) is 11.5. The average molecular weight is 482 g/mol. The lowest BCUT2D eigenvalue weighted by Gasteiger charge is -2.26. The van der Waals surface area contributed by atoms with Gasteiger partial charge in [-0.3, -0.25) is 9.59 Å². The van der Waals surface area contributed by atoms with E-state index in [0.717, 1.165) is 0 Å². The number of hydrazone groups is 1. The molecule has 4 rings (SSSR count). The maximum absolute atomic E-state index is 14.6. The molecule has 1 atom stereocenters. The average Bonchev–Trinajstić information content (AvgIpc) is 3.54. The van der Waals surface area contributed by atoms with Crippen LogP contribution in [0.5, 0.6) is 11.5 Å². The molecular weight excluding hydrogens is 457 g/mol. The highest BCUT2D eigenvalue weighted by Gasteiger charge is 2.36. The zero-order valence-electron chi connectivity index (χ0n) is 19.0. The Bertz CT molecular complexity index is 1230. The van der Waals surface area contributed by atoms with Crippen molar-refractivity contribution in [2.75, 3.05) is 27.8 Å². The predicted molar refractivity (Wildman–Crippen MR) is 128 cm³/mol. The van der Waals surface area contributed by atoms with E-state index >= 15 is 0 Å². The molecule has 0 saturated carbocycles. The lowest BCUT2D eigenvalue weighted by Crippen LogP contribution is -2.39. The molecule has 176 valence electrons. The summed E-state index contributed by atoms with van der Waals surface area (Å²) in [5.74, 6) is 0.0750. The first-order valence-electron chi connectivity index (χ1n) is 10.6. The number of hydrogen-bond acceptors (Lipinski definition) is 6. The number of methoxy groups -OCH3 is 2. The van der Waals surface area contributed by atoms with Crippen molar-refractivity contribution in [3.8, 4) is 11.5 Å². The first-order chi connectivity index (χ1) is 16.4. The number of carbonyl (C=O) groups excluding carboxylic acids is 2. The molecule has 0 unspecified atom stereocenters. The van der Waals surface area contributed by atoms with Gasteiger partial charge in [-0.15, -0.1) is 11.3 Å². The highest BCUT2D eigenvalue weighted by molar-refractivity contribution is 7.12. The summed E-state index contributed by atoms with van der Waals surface area (Å²) in [6.45, 7) is -0.187. The Morgan fingerprint density at radius 2 is 1.94 bits per heavy atom. The molecule has 2 aromatic carbocycles. The van der Waals surface area contributed by atoms with Gasteiger partial charge >= 0.3 is 0 Å². The van der Waals surface area contributed by atoms with Crippen molar-refractivity contribution >= 4 is 28.9 Å². The molecule has 2 heterocycles. The summed E-state index contributed by atoms with van der Waals surface area (Å²) < 4.78 is 25.5. The van der Waals surface area contributed by atoms with Gasteiger partial charge in [0.2, 0.25) is 0 Å². The van der Waals surface area contributed by atoms with E-state index < -0.39 is 17.8 Å². The van der Waals surface area contributed by atoms with Crippen molar-refractivity contribution in [3.05, 3.63) is 81.8 Å². The number of thiophene rings is 1. The Hall–Kier alpha value is -3.72. The minimum absolute atomic E-state index is 0.187. The van der Waals surface area contributed by atoms with Gasteiger partial charge in [-0.1, -0.05) is 24.3 Å². The summed E-state index contributed by atoms with van der Waals surface area (Å²) in [5.41, 5.74) is 1.44. The van der Waals surface area contributed by atoms with Gasteiger partial charge in [0.1, 0.15) is 23.9 Å². The molecule has 0 aliphatic carbocycles. The number of carbonyl (C=O) groups is 2. The fraction of sp³-hybridized carbons (Fsp3) is 0.240. The van der Waals surface area contributed by atoms with Gasteiger partial charge in [0.15, 0.2) is 0 Å². The summed E-state index contributed by atoms with van der Waals surface area (Å²) in [6.07, 6.45) is 0.277.